The highest BCUT2D eigenvalue weighted by atomic mass is 32.1. The van der Waals surface area contributed by atoms with Gasteiger partial charge >= 0.3 is 0 Å². The monoisotopic (exact) mass is 700 g/mol. The lowest BCUT2D eigenvalue weighted by Gasteiger charge is -2.19. The molecule has 7 aromatic carbocycles. The zero-order chi connectivity index (χ0) is 34.8. The van der Waals surface area contributed by atoms with E-state index < -0.39 is 0 Å². The van der Waals surface area contributed by atoms with Crippen molar-refractivity contribution in [2.24, 2.45) is 0 Å². The number of hydrogen-bond acceptors (Lipinski definition) is 3. The maximum atomic E-state index is 7.02. The highest BCUT2D eigenvalue weighted by Gasteiger charge is 2.23. The highest BCUT2D eigenvalue weighted by Crippen LogP contribution is 2.49. The Morgan fingerprint density at radius 3 is 1.63 bits per heavy atom. The fourth-order valence-corrected chi connectivity index (χ4v) is 9.88. The van der Waals surface area contributed by atoms with Crippen LogP contribution in [0.3, 0.4) is 0 Å². The van der Waals surface area contributed by atoms with Gasteiger partial charge in [0.25, 0.3) is 0 Å². The lowest BCUT2D eigenvalue weighted by molar-refractivity contribution is 0.670. The van der Waals surface area contributed by atoms with Gasteiger partial charge in [-0.3, -0.25) is 0 Å². The van der Waals surface area contributed by atoms with Crippen LogP contribution in [0.15, 0.2) is 161 Å². The van der Waals surface area contributed by atoms with E-state index >= 15 is 0 Å². The largest absolute Gasteiger partial charge is 0.455 e. The summed E-state index contributed by atoms with van der Waals surface area (Å²) < 4.78 is 7.02. The van der Waals surface area contributed by atoms with Crippen molar-refractivity contribution in [2.75, 3.05) is 0 Å². The van der Waals surface area contributed by atoms with Crippen LogP contribution in [-0.2, 0) is 0 Å². The minimum Gasteiger partial charge on any atom is -0.455 e. The zero-order valence-electron chi connectivity index (χ0n) is 28.5. The second-order valence-electron chi connectivity index (χ2n) is 13.1. The molecule has 0 radical (unpaired) electrons. The maximum Gasteiger partial charge on any atom is 0.143 e. The highest BCUT2D eigenvalue weighted by molar-refractivity contribution is 7.14. The number of fused-ring (bicyclic) bond motifs is 6. The number of allylic oxidation sites excluding steroid dienone is 1. The molecule has 246 valence electrons. The van der Waals surface area contributed by atoms with Crippen molar-refractivity contribution in [3.05, 3.63) is 168 Å². The topological polar surface area (TPSA) is 13.1 Å². The summed E-state index contributed by atoms with van der Waals surface area (Å²) in [5, 5.41) is 13.9. The van der Waals surface area contributed by atoms with E-state index in [9.17, 15) is 0 Å². The summed E-state index contributed by atoms with van der Waals surface area (Å²) >= 11 is 3.56. The second-order valence-corrected chi connectivity index (χ2v) is 15.0. The Balaban J connectivity index is 1.25. The Kier molecular flexibility index (Phi) is 7.31. The Bertz CT molecular complexity index is 2970. The van der Waals surface area contributed by atoms with Crippen molar-refractivity contribution < 1.29 is 4.42 Å². The summed E-state index contributed by atoms with van der Waals surface area (Å²) in [4.78, 5) is 2.52. The van der Waals surface area contributed by atoms with Crippen LogP contribution in [0.5, 0.6) is 0 Å². The van der Waals surface area contributed by atoms with Gasteiger partial charge in [0, 0.05) is 42.8 Å². The number of hydrogen-bond donors (Lipinski definition) is 0. The van der Waals surface area contributed by atoms with Crippen LogP contribution in [0.4, 0.5) is 0 Å². The zero-order valence-corrected chi connectivity index (χ0v) is 30.2. The number of benzene rings is 7. The van der Waals surface area contributed by atoms with Crippen molar-refractivity contribution >= 4 is 89.1 Å². The van der Waals surface area contributed by atoms with Gasteiger partial charge in [0.05, 0.1) is 0 Å². The maximum absolute atomic E-state index is 7.02. The first-order chi connectivity index (χ1) is 25.7. The van der Waals surface area contributed by atoms with Gasteiger partial charge in [-0.25, -0.2) is 0 Å². The van der Waals surface area contributed by atoms with Gasteiger partial charge in [-0.05, 0) is 96.5 Å². The molecule has 10 rings (SSSR count). The Labute approximate surface area is 310 Å². The lowest BCUT2D eigenvalue weighted by atomic mass is 9.84. The summed E-state index contributed by atoms with van der Waals surface area (Å²) in [6, 6.07) is 48.5. The number of furan rings is 1. The first-order valence-corrected chi connectivity index (χ1v) is 19.3. The van der Waals surface area contributed by atoms with Crippen molar-refractivity contribution in [2.45, 2.75) is 6.92 Å². The van der Waals surface area contributed by atoms with E-state index in [4.69, 9.17) is 4.42 Å². The molecule has 10 aromatic rings. The molecule has 0 fully saturated rings. The SMILES string of the molecule is C=Cc1c(/C=C\C)c(-c2cccc3c2oc2cc(-c4c5ccccc5c(-c5cccs5)c5ccccc45)ccc23)c2ccccc2c1-c1cccs1. The Morgan fingerprint density at radius 2 is 1.06 bits per heavy atom. The van der Waals surface area contributed by atoms with E-state index in [1.54, 1.807) is 22.7 Å². The molecule has 0 aliphatic rings. The van der Waals surface area contributed by atoms with Crippen LogP contribution in [-0.4, -0.2) is 0 Å². The van der Waals surface area contributed by atoms with Crippen molar-refractivity contribution in [1.82, 2.24) is 0 Å². The minimum absolute atomic E-state index is 0.881. The molecule has 52 heavy (non-hydrogen) atoms. The summed E-state index contributed by atoms with van der Waals surface area (Å²) in [5.74, 6) is 0. The van der Waals surface area contributed by atoms with Gasteiger partial charge in [-0.1, -0.05) is 134 Å². The lowest BCUT2D eigenvalue weighted by Crippen LogP contribution is -1.95. The molecule has 0 bridgehead atoms. The third-order valence-electron chi connectivity index (χ3n) is 10.4. The summed E-state index contributed by atoms with van der Waals surface area (Å²) in [6.45, 7) is 6.42. The molecule has 1 nitrogen and oxygen atoms in total. The molecular weight excluding hydrogens is 669 g/mol. The normalized spacial score (nSPS) is 11.9. The average molecular weight is 701 g/mol. The molecule has 0 aliphatic heterocycles. The number of para-hydroxylation sites is 1. The first-order valence-electron chi connectivity index (χ1n) is 17.6. The molecule has 0 saturated heterocycles. The smallest absolute Gasteiger partial charge is 0.143 e. The molecule has 0 atom stereocenters. The van der Waals surface area contributed by atoms with E-state index in [0.717, 1.165) is 49.8 Å². The van der Waals surface area contributed by atoms with Gasteiger partial charge in [-0.2, -0.15) is 0 Å². The van der Waals surface area contributed by atoms with Gasteiger partial charge in [0.1, 0.15) is 11.2 Å². The van der Waals surface area contributed by atoms with Crippen LogP contribution in [0.2, 0.25) is 0 Å². The van der Waals surface area contributed by atoms with E-state index in [0.29, 0.717) is 0 Å². The fourth-order valence-electron chi connectivity index (χ4n) is 8.28. The molecule has 0 saturated carbocycles. The van der Waals surface area contributed by atoms with Gasteiger partial charge in [0.15, 0.2) is 0 Å². The minimum atomic E-state index is 0.881. The fraction of sp³-hybridized carbons (Fsp3) is 0.0204. The third-order valence-corrected chi connectivity index (χ3v) is 12.1. The van der Waals surface area contributed by atoms with Gasteiger partial charge < -0.3 is 4.42 Å². The van der Waals surface area contributed by atoms with Crippen LogP contribution in [0.25, 0.3) is 110 Å². The van der Waals surface area contributed by atoms with Gasteiger partial charge in [-0.15, -0.1) is 22.7 Å². The number of thiophene rings is 2. The predicted molar refractivity (Wildman–Crippen MR) is 229 cm³/mol. The molecule has 0 aliphatic carbocycles. The van der Waals surface area contributed by atoms with E-state index in [1.807, 2.05) is 6.08 Å². The van der Waals surface area contributed by atoms with Crippen molar-refractivity contribution in [3.8, 4) is 43.1 Å². The van der Waals surface area contributed by atoms with E-state index in [1.165, 1.54) is 58.8 Å². The molecule has 0 spiro atoms. The molecule has 3 heterocycles. The summed E-state index contributed by atoms with van der Waals surface area (Å²) in [7, 11) is 0. The molecule has 3 aromatic heterocycles. The molecule has 0 unspecified atom stereocenters. The summed E-state index contributed by atoms with van der Waals surface area (Å²) in [5.41, 5.74) is 11.2. The van der Waals surface area contributed by atoms with Crippen LogP contribution in [0.1, 0.15) is 18.1 Å². The first kappa shape index (κ1) is 30.8. The standard InChI is InChI=1S/C49H32OS2/c1-3-14-33-31(4-2)47(43-23-12-27-51-43)39-20-10-7-17-36(39)46(33)41-22-11-21-40-32-26-25-30(29-42(32)50-49(40)41)45-34-15-5-8-18-37(34)48(44-24-13-28-52-44)38-19-9-6-16-35(38)45/h3-29H,2H2,1H3/b14-3-. The molecular formula is C49H32OS2. The van der Waals surface area contributed by atoms with Crippen LogP contribution < -0.4 is 0 Å². The average Bonchev–Trinajstić information content (AvgIpc) is 3.99. The Morgan fingerprint density at radius 1 is 0.500 bits per heavy atom. The molecule has 3 heteroatoms. The number of rotatable bonds is 6. The van der Waals surface area contributed by atoms with Crippen LogP contribution >= 0.6 is 22.7 Å². The summed E-state index contributed by atoms with van der Waals surface area (Å²) in [6.07, 6.45) is 6.37. The molecule has 0 amide bonds. The van der Waals surface area contributed by atoms with E-state index in [-0.39, 0.29) is 0 Å². The van der Waals surface area contributed by atoms with Crippen molar-refractivity contribution in [1.29, 1.82) is 0 Å². The quantitative estimate of drug-likeness (QED) is 0.157. The van der Waals surface area contributed by atoms with Crippen LogP contribution in [0, 0.1) is 0 Å². The molecule has 0 N–H and O–H groups in total. The predicted octanol–water partition coefficient (Wildman–Crippen LogP) is 15.5. The third kappa shape index (κ3) is 4.60. The second kappa shape index (κ2) is 12.3. The van der Waals surface area contributed by atoms with Gasteiger partial charge in [0.2, 0.25) is 0 Å². The van der Waals surface area contributed by atoms with Crippen molar-refractivity contribution in [3.63, 3.8) is 0 Å². The Hall–Kier alpha value is -6.00. The van der Waals surface area contributed by atoms with E-state index in [2.05, 4.69) is 170 Å².